The van der Waals surface area contributed by atoms with E-state index in [1.807, 2.05) is 52.0 Å². The van der Waals surface area contributed by atoms with E-state index >= 15 is 0 Å². The van der Waals surface area contributed by atoms with Gasteiger partial charge >= 0.3 is 0 Å². The number of carbonyl (C=O) groups excluding carboxylic acids is 1. The van der Waals surface area contributed by atoms with Crippen molar-refractivity contribution in [2.75, 3.05) is 19.7 Å². The van der Waals surface area contributed by atoms with Crippen LogP contribution in [0.1, 0.15) is 31.9 Å². The molecule has 142 valence electrons. The molecule has 3 rings (SSSR count). The van der Waals surface area contributed by atoms with Gasteiger partial charge < -0.3 is 15.0 Å². The second kappa shape index (κ2) is 6.77. The van der Waals surface area contributed by atoms with Gasteiger partial charge in [-0.05, 0) is 62.2 Å². The van der Waals surface area contributed by atoms with Crippen LogP contribution in [-0.2, 0) is 4.79 Å². The molecule has 3 atom stereocenters. The minimum absolute atomic E-state index is 0.0243. The van der Waals surface area contributed by atoms with E-state index < -0.39 is 10.9 Å². The van der Waals surface area contributed by atoms with Gasteiger partial charge in [0.15, 0.2) is 0 Å². The molecule has 2 radical (unpaired) electrons. The third-order valence-electron chi connectivity index (χ3n) is 5.75. The molecule has 4 nitrogen and oxygen atoms in total. The molecule has 1 N–H and O–H groups in total. The first-order chi connectivity index (χ1) is 12.6. The highest BCUT2D eigenvalue weighted by atomic mass is 16.5. The number of fused-ring (bicyclic) bond motifs is 1. The molecule has 0 bridgehead atoms. The van der Waals surface area contributed by atoms with Crippen LogP contribution in [0.15, 0.2) is 37.1 Å². The number of nitrogens with zero attached hydrogens (tertiary/aromatic N) is 1. The van der Waals surface area contributed by atoms with Gasteiger partial charge in [0.1, 0.15) is 12.4 Å². The maximum atomic E-state index is 12.8. The minimum atomic E-state index is -0.484. The van der Waals surface area contributed by atoms with Gasteiger partial charge in [-0.25, -0.2) is 0 Å². The summed E-state index contributed by atoms with van der Waals surface area (Å²) in [5.41, 5.74) is 2.64. The summed E-state index contributed by atoms with van der Waals surface area (Å²) in [5.74, 6) is 0.926. The molecule has 0 aromatic heterocycles. The SMILES string of the molecule is [B]C12CN(C(=C)C)CC1C2C(=O)NC(C)(C)COc1ccc(C=C)cc1C. The Morgan fingerprint density at radius 1 is 1.52 bits per heavy atom. The van der Waals surface area contributed by atoms with E-state index in [0.717, 1.165) is 29.1 Å². The Labute approximate surface area is 164 Å². The number of nitrogens with one attached hydrogen (secondary N) is 1. The molecular formula is C22H29BN2O2. The molecule has 2 aliphatic rings. The number of benzene rings is 1. The fourth-order valence-electron chi connectivity index (χ4n) is 4.05. The van der Waals surface area contributed by atoms with Gasteiger partial charge in [0, 0.05) is 24.7 Å². The summed E-state index contributed by atoms with van der Waals surface area (Å²) in [6, 6.07) is 5.94. The molecule has 2 fully saturated rings. The van der Waals surface area contributed by atoms with Crippen LogP contribution in [0.4, 0.5) is 0 Å². The molecule has 1 aromatic carbocycles. The molecule has 1 aliphatic carbocycles. The van der Waals surface area contributed by atoms with Gasteiger partial charge in [0.05, 0.1) is 13.4 Å². The number of allylic oxidation sites excluding steroid dienone is 1. The van der Waals surface area contributed by atoms with E-state index in [1.165, 1.54) is 0 Å². The first-order valence-electron chi connectivity index (χ1n) is 9.44. The van der Waals surface area contributed by atoms with E-state index in [9.17, 15) is 4.79 Å². The monoisotopic (exact) mass is 364 g/mol. The van der Waals surface area contributed by atoms with Gasteiger partial charge in [-0.3, -0.25) is 4.79 Å². The number of hydrogen-bond donors (Lipinski definition) is 1. The van der Waals surface area contributed by atoms with Crippen molar-refractivity contribution in [3.05, 3.63) is 48.2 Å². The van der Waals surface area contributed by atoms with Crippen LogP contribution < -0.4 is 10.1 Å². The van der Waals surface area contributed by atoms with Crippen LogP contribution in [-0.4, -0.2) is 43.9 Å². The lowest BCUT2D eigenvalue weighted by molar-refractivity contribution is -0.125. The molecule has 3 unspecified atom stereocenters. The van der Waals surface area contributed by atoms with Crippen molar-refractivity contribution in [2.45, 2.75) is 38.5 Å². The van der Waals surface area contributed by atoms with Crippen molar-refractivity contribution < 1.29 is 9.53 Å². The van der Waals surface area contributed by atoms with Crippen LogP contribution in [0.5, 0.6) is 5.75 Å². The Kier molecular flexibility index (Phi) is 4.92. The summed E-state index contributed by atoms with van der Waals surface area (Å²) >= 11 is 0. The van der Waals surface area contributed by atoms with E-state index in [2.05, 4.69) is 23.4 Å². The van der Waals surface area contributed by atoms with Crippen molar-refractivity contribution in [3.8, 4) is 5.75 Å². The predicted octanol–water partition coefficient (Wildman–Crippen LogP) is 3.33. The summed E-state index contributed by atoms with van der Waals surface area (Å²) in [5, 5.41) is 2.71. The summed E-state index contributed by atoms with van der Waals surface area (Å²) in [4.78, 5) is 14.9. The number of rotatable bonds is 7. The summed E-state index contributed by atoms with van der Waals surface area (Å²) in [6.45, 7) is 17.6. The van der Waals surface area contributed by atoms with Crippen LogP contribution in [0.3, 0.4) is 0 Å². The number of likely N-dealkylation sites (tertiary alicyclic amines) is 1. The molecule has 1 saturated carbocycles. The first kappa shape index (κ1) is 19.6. The van der Waals surface area contributed by atoms with Crippen LogP contribution in [0.25, 0.3) is 6.08 Å². The average molecular weight is 364 g/mol. The lowest BCUT2D eigenvalue weighted by Crippen LogP contribution is -2.49. The lowest BCUT2D eigenvalue weighted by atomic mass is 9.80. The topological polar surface area (TPSA) is 41.6 Å². The predicted molar refractivity (Wildman–Crippen MR) is 111 cm³/mol. The normalized spacial score (nSPS) is 26.3. The zero-order chi connectivity index (χ0) is 20.0. The number of amides is 1. The van der Waals surface area contributed by atoms with Crippen LogP contribution >= 0.6 is 0 Å². The Morgan fingerprint density at radius 3 is 2.74 bits per heavy atom. The largest absolute Gasteiger partial charge is 0.491 e. The maximum absolute atomic E-state index is 12.8. The van der Waals surface area contributed by atoms with Gasteiger partial charge in [-0.15, -0.1) is 0 Å². The Balaban J connectivity index is 1.55. The van der Waals surface area contributed by atoms with Gasteiger partial charge in [0.25, 0.3) is 0 Å². The smallest absolute Gasteiger partial charge is 0.223 e. The highest BCUT2D eigenvalue weighted by molar-refractivity contribution is 6.22. The Bertz CT molecular complexity index is 789. The van der Waals surface area contributed by atoms with E-state index in [4.69, 9.17) is 12.6 Å². The maximum Gasteiger partial charge on any atom is 0.223 e. The van der Waals surface area contributed by atoms with Gasteiger partial charge in [-0.2, -0.15) is 0 Å². The lowest BCUT2D eigenvalue weighted by Gasteiger charge is -2.29. The molecule has 27 heavy (non-hydrogen) atoms. The van der Waals surface area contributed by atoms with Crippen molar-refractivity contribution in [1.82, 2.24) is 10.2 Å². The standard InChI is InChI=1S/C22H29BN2O2/c1-7-16-8-9-18(15(4)10-16)27-13-21(5,6)24-20(26)19-17-11-25(14(2)3)12-22(17,19)23/h7-10,17,19H,1-2,11-13H2,3-6H3,(H,24,26). The number of piperidine rings is 1. The number of hydrogen-bond acceptors (Lipinski definition) is 3. The molecule has 5 heteroatoms. The Hall–Kier alpha value is -2.17. The first-order valence-corrected chi connectivity index (χ1v) is 9.44. The molecule has 0 spiro atoms. The quantitative estimate of drug-likeness (QED) is 0.755. The zero-order valence-corrected chi connectivity index (χ0v) is 16.8. The average Bonchev–Trinajstić information content (AvgIpc) is 2.99. The fraction of sp³-hybridized carbons (Fsp3) is 0.500. The highest BCUT2D eigenvalue weighted by Crippen LogP contribution is 2.67. The van der Waals surface area contributed by atoms with E-state index in [-0.39, 0.29) is 17.7 Å². The highest BCUT2D eigenvalue weighted by Gasteiger charge is 2.68. The number of ether oxygens (including phenoxy) is 1. The minimum Gasteiger partial charge on any atom is -0.491 e. The zero-order valence-electron chi connectivity index (χ0n) is 16.8. The van der Waals surface area contributed by atoms with E-state index in [1.54, 1.807) is 0 Å². The number of carbonyl (C=O) groups is 1. The molecule has 1 saturated heterocycles. The second-order valence-corrected chi connectivity index (χ2v) is 8.70. The summed E-state index contributed by atoms with van der Waals surface area (Å²) < 4.78 is 5.97. The van der Waals surface area contributed by atoms with E-state index in [0.29, 0.717) is 13.2 Å². The molecular weight excluding hydrogens is 335 g/mol. The van der Waals surface area contributed by atoms with Gasteiger partial charge in [0.2, 0.25) is 5.91 Å². The fourth-order valence-corrected chi connectivity index (χ4v) is 4.05. The summed E-state index contributed by atoms with van der Waals surface area (Å²) in [6.07, 6.45) is 1.81. The van der Waals surface area contributed by atoms with Crippen LogP contribution in [0.2, 0.25) is 5.31 Å². The van der Waals surface area contributed by atoms with Crippen LogP contribution in [0, 0.1) is 18.8 Å². The molecule has 1 heterocycles. The van der Waals surface area contributed by atoms with Crippen molar-refractivity contribution in [2.24, 2.45) is 11.8 Å². The number of aryl methyl sites for hydroxylation is 1. The van der Waals surface area contributed by atoms with Gasteiger partial charge in [-0.1, -0.05) is 25.3 Å². The summed E-state index contributed by atoms with van der Waals surface area (Å²) in [7, 11) is 6.47. The van der Waals surface area contributed by atoms with Crippen molar-refractivity contribution in [1.29, 1.82) is 0 Å². The molecule has 1 amide bonds. The third kappa shape index (κ3) is 3.78. The van der Waals surface area contributed by atoms with Crippen molar-refractivity contribution in [3.63, 3.8) is 0 Å². The Morgan fingerprint density at radius 2 is 2.22 bits per heavy atom. The molecule has 1 aliphatic heterocycles. The molecule has 1 aromatic rings. The van der Waals surface area contributed by atoms with Crippen molar-refractivity contribution >= 4 is 19.8 Å². The second-order valence-electron chi connectivity index (χ2n) is 8.70. The third-order valence-corrected chi connectivity index (χ3v) is 5.75.